The van der Waals surface area contributed by atoms with Crippen molar-refractivity contribution >= 4 is 5.78 Å². The summed E-state index contributed by atoms with van der Waals surface area (Å²) in [5, 5.41) is 3.09. The number of hydrogen-bond acceptors (Lipinski definition) is 3. The van der Waals surface area contributed by atoms with Gasteiger partial charge in [-0.3, -0.25) is 4.79 Å². The predicted octanol–water partition coefficient (Wildman–Crippen LogP) is -0.684. The standard InChI is InChI=1S/C6H9NO2/c8-4-3-9-5-1-2-7-6(4)5/h5-7H,1-3H2. The number of Topliss-reactive ketones (excluding diaryl/α,β-unsaturated/α-hetero) is 1. The molecule has 2 rings (SSSR count). The molecule has 2 atom stereocenters. The van der Waals surface area contributed by atoms with Crippen molar-refractivity contribution in [2.24, 2.45) is 0 Å². The van der Waals surface area contributed by atoms with E-state index >= 15 is 0 Å². The van der Waals surface area contributed by atoms with Crippen LogP contribution in [-0.4, -0.2) is 31.1 Å². The lowest BCUT2D eigenvalue weighted by Crippen LogP contribution is -2.32. The van der Waals surface area contributed by atoms with Crippen molar-refractivity contribution in [2.45, 2.75) is 18.6 Å². The molecule has 50 valence electrons. The first-order valence-corrected chi connectivity index (χ1v) is 3.25. The molecule has 0 aliphatic carbocycles. The van der Waals surface area contributed by atoms with Crippen LogP contribution in [0.2, 0.25) is 0 Å². The van der Waals surface area contributed by atoms with Crippen LogP contribution in [0.25, 0.3) is 0 Å². The van der Waals surface area contributed by atoms with E-state index in [1.54, 1.807) is 0 Å². The number of rotatable bonds is 0. The maximum atomic E-state index is 10.9. The molecule has 0 bridgehead atoms. The van der Waals surface area contributed by atoms with Gasteiger partial charge in [0.1, 0.15) is 6.61 Å². The zero-order valence-electron chi connectivity index (χ0n) is 5.09. The fourth-order valence-corrected chi connectivity index (χ4v) is 1.46. The van der Waals surface area contributed by atoms with Gasteiger partial charge in [0, 0.05) is 0 Å². The lowest BCUT2D eigenvalue weighted by atomic mass is 10.1. The molecule has 3 heteroatoms. The summed E-state index contributed by atoms with van der Waals surface area (Å²) in [6, 6.07) is 0.0324. The van der Waals surface area contributed by atoms with Crippen LogP contribution in [0.1, 0.15) is 6.42 Å². The predicted molar refractivity (Wildman–Crippen MR) is 31.2 cm³/mol. The third-order valence-corrected chi connectivity index (χ3v) is 1.95. The molecule has 2 unspecified atom stereocenters. The molecule has 2 aliphatic heterocycles. The molecule has 2 aliphatic rings. The Hall–Kier alpha value is -0.410. The first-order chi connectivity index (χ1) is 4.38. The van der Waals surface area contributed by atoms with E-state index < -0.39 is 0 Å². The van der Waals surface area contributed by atoms with E-state index in [2.05, 4.69) is 5.32 Å². The van der Waals surface area contributed by atoms with Gasteiger partial charge in [-0.25, -0.2) is 0 Å². The van der Waals surface area contributed by atoms with Crippen LogP contribution in [0.3, 0.4) is 0 Å². The first-order valence-electron chi connectivity index (χ1n) is 3.25. The van der Waals surface area contributed by atoms with Crippen LogP contribution in [0.4, 0.5) is 0 Å². The molecular weight excluding hydrogens is 118 g/mol. The summed E-state index contributed by atoms with van der Waals surface area (Å²) in [5.41, 5.74) is 0. The second kappa shape index (κ2) is 1.78. The van der Waals surface area contributed by atoms with Crippen molar-refractivity contribution in [1.82, 2.24) is 5.32 Å². The quantitative estimate of drug-likeness (QED) is 0.468. The molecule has 0 aromatic heterocycles. The number of fused-ring (bicyclic) bond motifs is 1. The smallest absolute Gasteiger partial charge is 0.177 e. The highest BCUT2D eigenvalue weighted by Gasteiger charge is 2.38. The molecule has 2 fully saturated rings. The summed E-state index contributed by atoms with van der Waals surface area (Å²) in [7, 11) is 0. The maximum absolute atomic E-state index is 10.9. The molecule has 0 radical (unpaired) electrons. The second-order valence-electron chi connectivity index (χ2n) is 2.54. The highest BCUT2D eigenvalue weighted by Crippen LogP contribution is 2.17. The SMILES string of the molecule is O=C1COC2CCNC12. The third kappa shape index (κ3) is 0.686. The van der Waals surface area contributed by atoms with Crippen LogP contribution in [0.5, 0.6) is 0 Å². The van der Waals surface area contributed by atoms with Crippen molar-refractivity contribution in [2.75, 3.05) is 13.2 Å². The number of nitrogens with one attached hydrogen (secondary N) is 1. The van der Waals surface area contributed by atoms with E-state index in [-0.39, 0.29) is 17.9 Å². The largest absolute Gasteiger partial charge is 0.368 e. The molecule has 0 saturated carbocycles. The summed E-state index contributed by atoms with van der Waals surface area (Å²) >= 11 is 0. The van der Waals surface area contributed by atoms with Crippen molar-refractivity contribution in [3.63, 3.8) is 0 Å². The first kappa shape index (κ1) is 5.38. The number of ether oxygens (including phenoxy) is 1. The van der Waals surface area contributed by atoms with Crippen molar-refractivity contribution in [3.8, 4) is 0 Å². The van der Waals surface area contributed by atoms with Crippen LogP contribution in [0.15, 0.2) is 0 Å². The minimum Gasteiger partial charge on any atom is -0.368 e. The van der Waals surface area contributed by atoms with Gasteiger partial charge in [0.05, 0.1) is 12.1 Å². The Kier molecular flexibility index (Phi) is 1.07. The number of ketones is 1. The highest BCUT2D eigenvalue weighted by molar-refractivity contribution is 5.87. The molecule has 0 amide bonds. The molecule has 1 N–H and O–H groups in total. The molecule has 2 heterocycles. The molecule has 3 nitrogen and oxygen atoms in total. The number of hydrogen-bond donors (Lipinski definition) is 1. The van der Waals surface area contributed by atoms with Gasteiger partial charge >= 0.3 is 0 Å². The Labute approximate surface area is 53.4 Å². The normalized spacial score (nSPS) is 41.6. The summed E-state index contributed by atoms with van der Waals surface area (Å²) in [6.07, 6.45) is 1.19. The van der Waals surface area contributed by atoms with E-state index in [9.17, 15) is 4.79 Å². The Morgan fingerprint density at radius 3 is 3.33 bits per heavy atom. The van der Waals surface area contributed by atoms with Gasteiger partial charge in [-0.05, 0) is 13.0 Å². The second-order valence-corrected chi connectivity index (χ2v) is 2.54. The molecule has 0 aromatic rings. The summed E-state index contributed by atoms with van der Waals surface area (Å²) in [4.78, 5) is 10.9. The van der Waals surface area contributed by atoms with Gasteiger partial charge in [-0.2, -0.15) is 0 Å². The zero-order chi connectivity index (χ0) is 6.27. The summed E-state index contributed by atoms with van der Waals surface area (Å²) < 4.78 is 5.18. The van der Waals surface area contributed by atoms with Crippen LogP contribution < -0.4 is 5.32 Å². The van der Waals surface area contributed by atoms with Crippen LogP contribution in [-0.2, 0) is 9.53 Å². The lowest BCUT2D eigenvalue weighted by molar-refractivity contribution is -0.119. The topological polar surface area (TPSA) is 38.3 Å². The third-order valence-electron chi connectivity index (χ3n) is 1.95. The Balaban J connectivity index is 2.15. The Morgan fingerprint density at radius 2 is 2.56 bits per heavy atom. The zero-order valence-corrected chi connectivity index (χ0v) is 5.09. The van der Waals surface area contributed by atoms with Gasteiger partial charge in [-0.15, -0.1) is 0 Å². The Morgan fingerprint density at radius 1 is 1.67 bits per heavy atom. The molecule has 0 spiro atoms. The molecular formula is C6H9NO2. The lowest BCUT2D eigenvalue weighted by Gasteiger charge is -2.02. The monoisotopic (exact) mass is 127 g/mol. The average molecular weight is 127 g/mol. The van der Waals surface area contributed by atoms with Gasteiger partial charge in [0.2, 0.25) is 0 Å². The number of carbonyl (C=O) groups is 1. The van der Waals surface area contributed by atoms with Crippen LogP contribution >= 0.6 is 0 Å². The van der Waals surface area contributed by atoms with Gasteiger partial charge in [0.15, 0.2) is 5.78 Å². The van der Waals surface area contributed by atoms with Gasteiger partial charge in [0.25, 0.3) is 0 Å². The summed E-state index contributed by atoms with van der Waals surface area (Å²) in [6.45, 7) is 1.25. The molecule has 0 aromatic carbocycles. The highest BCUT2D eigenvalue weighted by atomic mass is 16.5. The molecule has 9 heavy (non-hydrogen) atoms. The number of carbonyl (C=O) groups excluding carboxylic acids is 1. The average Bonchev–Trinajstić information content (AvgIpc) is 2.35. The van der Waals surface area contributed by atoms with E-state index in [1.165, 1.54) is 0 Å². The fourth-order valence-electron chi connectivity index (χ4n) is 1.46. The minimum absolute atomic E-state index is 0.0324. The van der Waals surface area contributed by atoms with E-state index in [4.69, 9.17) is 4.74 Å². The van der Waals surface area contributed by atoms with Crippen molar-refractivity contribution in [1.29, 1.82) is 0 Å². The summed E-state index contributed by atoms with van der Waals surface area (Å²) in [5.74, 6) is 0.220. The van der Waals surface area contributed by atoms with E-state index in [1.807, 2.05) is 0 Å². The fraction of sp³-hybridized carbons (Fsp3) is 0.833. The van der Waals surface area contributed by atoms with E-state index in [0.29, 0.717) is 6.61 Å². The molecule has 2 saturated heterocycles. The van der Waals surface area contributed by atoms with Gasteiger partial charge in [-0.1, -0.05) is 0 Å². The Bertz CT molecular complexity index is 146. The maximum Gasteiger partial charge on any atom is 0.177 e. The van der Waals surface area contributed by atoms with Crippen LogP contribution in [0, 0.1) is 0 Å². The van der Waals surface area contributed by atoms with Crippen molar-refractivity contribution in [3.05, 3.63) is 0 Å². The van der Waals surface area contributed by atoms with E-state index in [0.717, 1.165) is 13.0 Å². The minimum atomic E-state index is 0.0324. The van der Waals surface area contributed by atoms with Crippen molar-refractivity contribution < 1.29 is 9.53 Å². The van der Waals surface area contributed by atoms with Gasteiger partial charge < -0.3 is 10.1 Å².